The Labute approximate surface area is 120 Å². The van der Waals surface area contributed by atoms with Crippen molar-refractivity contribution in [3.63, 3.8) is 0 Å². The number of carbonyl (C=O) groups is 1. The second kappa shape index (κ2) is 6.75. The number of aryl methyl sites for hydroxylation is 1. The van der Waals surface area contributed by atoms with E-state index in [-0.39, 0.29) is 24.5 Å². The van der Waals surface area contributed by atoms with E-state index >= 15 is 0 Å². The molecule has 1 aliphatic carbocycles. The number of amides is 1. The van der Waals surface area contributed by atoms with Crippen LogP contribution in [-0.4, -0.2) is 30.8 Å². The van der Waals surface area contributed by atoms with Gasteiger partial charge in [-0.1, -0.05) is 25.0 Å². The highest BCUT2D eigenvalue weighted by Crippen LogP contribution is 2.36. The van der Waals surface area contributed by atoms with E-state index in [4.69, 9.17) is 4.74 Å². The number of carbonyl (C=O) groups excluding carboxylic acids is 1. The summed E-state index contributed by atoms with van der Waals surface area (Å²) in [5.41, 5.74) is 0.993. The van der Waals surface area contributed by atoms with Crippen molar-refractivity contribution in [2.24, 2.45) is 5.41 Å². The Morgan fingerprint density at radius 1 is 1.40 bits per heavy atom. The zero-order chi connectivity index (χ0) is 14.4. The Morgan fingerprint density at radius 3 is 2.80 bits per heavy atom. The zero-order valence-corrected chi connectivity index (χ0v) is 12.0. The normalized spacial score (nSPS) is 16.9. The molecule has 0 aliphatic heterocycles. The molecule has 1 fully saturated rings. The number of rotatable bonds is 6. The molecule has 1 amide bonds. The van der Waals surface area contributed by atoms with Crippen LogP contribution in [0.3, 0.4) is 0 Å². The van der Waals surface area contributed by atoms with E-state index in [1.54, 1.807) is 0 Å². The zero-order valence-electron chi connectivity index (χ0n) is 12.0. The number of nitrogens with one attached hydrogen (secondary N) is 1. The van der Waals surface area contributed by atoms with Gasteiger partial charge in [-0.05, 0) is 37.5 Å². The summed E-state index contributed by atoms with van der Waals surface area (Å²) in [6, 6.07) is 7.63. The highest BCUT2D eigenvalue weighted by Gasteiger charge is 2.33. The Bertz CT molecular complexity index is 453. The van der Waals surface area contributed by atoms with Gasteiger partial charge in [0.15, 0.2) is 6.61 Å². The van der Waals surface area contributed by atoms with Crippen LogP contribution in [0.4, 0.5) is 0 Å². The molecule has 1 saturated carbocycles. The van der Waals surface area contributed by atoms with Gasteiger partial charge in [-0.3, -0.25) is 4.79 Å². The second-order valence-corrected chi connectivity index (χ2v) is 5.75. The molecule has 2 rings (SSSR count). The predicted octanol–water partition coefficient (Wildman–Crippen LogP) is 2.04. The summed E-state index contributed by atoms with van der Waals surface area (Å²) >= 11 is 0. The van der Waals surface area contributed by atoms with Crippen LogP contribution >= 0.6 is 0 Å². The number of benzene rings is 1. The van der Waals surface area contributed by atoms with Crippen molar-refractivity contribution in [3.8, 4) is 5.75 Å². The molecule has 0 unspecified atom stereocenters. The first-order chi connectivity index (χ1) is 9.63. The smallest absolute Gasteiger partial charge is 0.257 e. The van der Waals surface area contributed by atoms with Crippen molar-refractivity contribution in [2.75, 3.05) is 19.8 Å². The summed E-state index contributed by atoms with van der Waals surface area (Å²) in [6.45, 7) is 2.69. The molecule has 4 heteroatoms. The summed E-state index contributed by atoms with van der Waals surface area (Å²) in [7, 11) is 0. The molecular formula is C16H23NO3. The molecular weight excluding hydrogens is 254 g/mol. The molecule has 1 aromatic rings. The van der Waals surface area contributed by atoms with Crippen molar-refractivity contribution < 1.29 is 14.6 Å². The van der Waals surface area contributed by atoms with Crippen molar-refractivity contribution in [1.29, 1.82) is 0 Å². The fraction of sp³-hybridized carbons (Fsp3) is 0.562. The fourth-order valence-corrected chi connectivity index (χ4v) is 2.71. The Balaban J connectivity index is 1.75. The Kier molecular flexibility index (Phi) is 5.01. The molecule has 0 aromatic heterocycles. The summed E-state index contributed by atoms with van der Waals surface area (Å²) in [5.74, 6) is 0.573. The van der Waals surface area contributed by atoms with E-state index in [1.165, 1.54) is 0 Å². The van der Waals surface area contributed by atoms with Crippen LogP contribution in [0.2, 0.25) is 0 Å². The van der Waals surface area contributed by atoms with Gasteiger partial charge in [-0.25, -0.2) is 0 Å². The molecule has 0 spiro atoms. The van der Waals surface area contributed by atoms with Crippen molar-refractivity contribution in [2.45, 2.75) is 32.6 Å². The van der Waals surface area contributed by atoms with Crippen LogP contribution < -0.4 is 10.1 Å². The first-order valence-corrected chi connectivity index (χ1v) is 7.21. The molecule has 110 valence electrons. The molecule has 0 bridgehead atoms. The number of aliphatic hydroxyl groups is 1. The number of ether oxygens (including phenoxy) is 1. The largest absolute Gasteiger partial charge is 0.484 e. The minimum absolute atomic E-state index is 0.0188. The van der Waals surface area contributed by atoms with Crippen molar-refractivity contribution in [3.05, 3.63) is 29.8 Å². The average Bonchev–Trinajstić information content (AvgIpc) is 2.92. The molecule has 0 atom stereocenters. The number of hydrogen-bond donors (Lipinski definition) is 2. The topological polar surface area (TPSA) is 58.6 Å². The summed E-state index contributed by atoms with van der Waals surface area (Å²) in [4.78, 5) is 11.8. The van der Waals surface area contributed by atoms with E-state index < -0.39 is 0 Å². The standard InChI is InChI=1S/C16H23NO3/c1-13-5-4-6-14(9-13)20-10-15(19)17-11-16(12-18)7-2-3-8-16/h4-6,9,18H,2-3,7-8,10-12H2,1H3,(H,17,19). The lowest BCUT2D eigenvalue weighted by Gasteiger charge is -2.26. The van der Waals surface area contributed by atoms with Crippen LogP contribution in [0.25, 0.3) is 0 Å². The van der Waals surface area contributed by atoms with Gasteiger partial charge in [0.2, 0.25) is 0 Å². The first-order valence-electron chi connectivity index (χ1n) is 7.21. The maximum absolute atomic E-state index is 11.8. The van der Waals surface area contributed by atoms with E-state index in [0.29, 0.717) is 12.3 Å². The van der Waals surface area contributed by atoms with Gasteiger partial charge in [0.05, 0.1) is 6.61 Å². The highest BCUT2D eigenvalue weighted by atomic mass is 16.5. The predicted molar refractivity (Wildman–Crippen MR) is 77.7 cm³/mol. The second-order valence-electron chi connectivity index (χ2n) is 5.75. The van der Waals surface area contributed by atoms with Gasteiger partial charge in [-0.2, -0.15) is 0 Å². The monoisotopic (exact) mass is 277 g/mol. The van der Waals surface area contributed by atoms with Crippen LogP contribution in [0.5, 0.6) is 5.75 Å². The fourth-order valence-electron chi connectivity index (χ4n) is 2.71. The lowest BCUT2D eigenvalue weighted by Crippen LogP contribution is -2.40. The minimum atomic E-state index is -0.133. The average molecular weight is 277 g/mol. The quantitative estimate of drug-likeness (QED) is 0.836. The van der Waals surface area contributed by atoms with E-state index in [9.17, 15) is 9.90 Å². The maximum Gasteiger partial charge on any atom is 0.257 e. The van der Waals surface area contributed by atoms with E-state index in [1.807, 2.05) is 31.2 Å². The van der Waals surface area contributed by atoms with Gasteiger partial charge in [0, 0.05) is 12.0 Å². The molecule has 1 aromatic carbocycles. The summed E-state index contributed by atoms with van der Waals surface area (Å²) < 4.78 is 5.46. The summed E-state index contributed by atoms with van der Waals surface area (Å²) in [6.07, 6.45) is 4.25. The lowest BCUT2D eigenvalue weighted by atomic mass is 9.87. The Hall–Kier alpha value is -1.55. The molecule has 4 nitrogen and oxygen atoms in total. The minimum Gasteiger partial charge on any atom is -0.484 e. The van der Waals surface area contributed by atoms with Crippen LogP contribution in [-0.2, 0) is 4.79 Å². The van der Waals surface area contributed by atoms with Gasteiger partial charge < -0.3 is 15.2 Å². The van der Waals surface area contributed by atoms with Gasteiger partial charge in [0.1, 0.15) is 5.75 Å². The SMILES string of the molecule is Cc1cccc(OCC(=O)NCC2(CO)CCCC2)c1. The van der Waals surface area contributed by atoms with Crippen LogP contribution in [0, 0.1) is 12.3 Å². The molecule has 20 heavy (non-hydrogen) atoms. The van der Waals surface area contributed by atoms with Gasteiger partial charge in [-0.15, -0.1) is 0 Å². The van der Waals surface area contributed by atoms with Gasteiger partial charge in [0.25, 0.3) is 5.91 Å². The van der Waals surface area contributed by atoms with Crippen molar-refractivity contribution >= 4 is 5.91 Å². The van der Waals surface area contributed by atoms with E-state index in [2.05, 4.69) is 5.32 Å². The molecule has 0 radical (unpaired) electrons. The summed E-state index contributed by atoms with van der Waals surface area (Å²) in [5, 5.41) is 12.4. The van der Waals surface area contributed by atoms with Crippen LogP contribution in [0.1, 0.15) is 31.2 Å². The first kappa shape index (κ1) is 14.9. The molecule has 0 saturated heterocycles. The number of aliphatic hydroxyl groups excluding tert-OH is 1. The van der Waals surface area contributed by atoms with Crippen molar-refractivity contribution in [1.82, 2.24) is 5.32 Å². The highest BCUT2D eigenvalue weighted by molar-refractivity contribution is 5.77. The third-order valence-corrected chi connectivity index (χ3v) is 4.02. The Morgan fingerprint density at radius 2 is 2.15 bits per heavy atom. The number of hydrogen-bond acceptors (Lipinski definition) is 3. The maximum atomic E-state index is 11.8. The third-order valence-electron chi connectivity index (χ3n) is 4.02. The molecule has 1 aliphatic rings. The van der Waals surface area contributed by atoms with Crippen LogP contribution in [0.15, 0.2) is 24.3 Å². The third kappa shape index (κ3) is 3.97. The lowest BCUT2D eigenvalue weighted by molar-refractivity contribution is -0.123. The van der Waals surface area contributed by atoms with E-state index in [0.717, 1.165) is 31.2 Å². The van der Waals surface area contributed by atoms with Gasteiger partial charge >= 0.3 is 0 Å². The molecule has 0 heterocycles. The molecule has 2 N–H and O–H groups in total.